The van der Waals surface area contributed by atoms with Gasteiger partial charge in [0.2, 0.25) is 0 Å². The number of nitrogens with zero attached hydrogens (tertiary/aromatic N) is 5. The van der Waals surface area contributed by atoms with Gasteiger partial charge in [0.25, 0.3) is 0 Å². The summed E-state index contributed by atoms with van der Waals surface area (Å²) in [5.74, 6) is 1.97. The van der Waals surface area contributed by atoms with Crippen LogP contribution in [0.3, 0.4) is 0 Å². The summed E-state index contributed by atoms with van der Waals surface area (Å²) in [6.07, 6.45) is 0. The van der Waals surface area contributed by atoms with E-state index in [2.05, 4.69) is 51.3 Å². The van der Waals surface area contributed by atoms with Gasteiger partial charge in [0.15, 0.2) is 5.65 Å². The first kappa shape index (κ1) is 16.9. The monoisotopic (exact) mass is 373 g/mol. The quantitative estimate of drug-likeness (QED) is 0.550. The molecule has 142 valence electrons. The lowest BCUT2D eigenvalue weighted by Gasteiger charge is -2.37. The minimum absolute atomic E-state index is 0.901. The molecule has 0 spiro atoms. The molecule has 0 amide bonds. The van der Waals surface area contributed by atoms with Crippen molar-refractivity contribution in [1.29, 1.82) is 0 Å². The van der Waals surface area contributed by atoms with Crippen molar-refractivity contribution >= 4 is 28.1 Å². The molecule has 5 rings (SSSR count). The van der Waals surface area contributed by atoms with E-state index in [0.717, 1.165) is 65.7 Å². The average molecular weight is 373 g/mol. The third-order valence-corrected chi connectivity index (χ3v) is 5.41. The molecule has 1 aliphatic heterocycles. The number of piperazine rings is 1. The van der Waals surface area contributed by atoms with Gasteiger partial charge in [-0.1, -0.05) is 24.3 Å². The first-order valence-electron chi connectivity index (χ1n) is 9.62. The number of anilines is 2. The van der Waals surface area contributed by atoms with E-state index in [-0.39, 0.29) is 0 Å². The molecule has 0 N–H and O–H groups in total. The molecule has 28 heavy (non-hydrogen) atoms. The summed E-state index contributed by atoms with van der Waals surface area (Å²) < 4.78 is 7.48. The van der Waals surface area contributed by atoms with E-state index in [1.54, 1.807) is 7.11 Å². The summed E-state index contributed by atoms with van der Waals surface area (Å²) in [7, 11) is 1.73. The smallest absolute Gasteiger partial charge is 0.158 e. The van der Waals surface area contributed by atoms with Crippen molar-refractivity contribution in [3.8, 4) is 5.75 Å². The van der Waals surface area contributed by atoms with Gasteiger partial charge in [-0.15, -0.1) is 0 Å². The van der Waals surface area contributed by atoms with E-state index < -0.39 is 0 Å². The average Bonchev–Trinajstić information content (AvgIpc) is 3.14. The topological polar surface area (TPSA) is 45.9 Å². The van der Waals surface area contributed by atoms with Crippen LogP contribution in [0.5, 0.6) is 5.75 Å². The van der Waals surface area contributed by atoms with E-state index in [4.69, 9.17) is 9.72 Å². The van der Waals surface area contributed by atoms with Crippen LogP contribution in [0.25, 0.3) is 16.6 Å². The van der Waals surface area contributed by atoms with Crippen molar-refractivity contribution in [2.45, 2.75) is 6.92 Å². The Labute approximate surface area is 164 Å². The minimum Gasteiger partial charge on any atom is -0.495 e. The highest BCUT2D eigenvalue weighted by atomic mass is 16.5. The van der Waals surface area contributed by atoms with Crippen LogP contribution in [0.4, 0.5) is 11.5 Å². The second-order valence-corrected chi connectivity index (χ2v) is 7.15. The fraction of sp³-hybridized carbons (Fsp3) is 0.273. The Morgan fingerprint density at radius 3 is 2.43 bits per heavy atom. The van der Waals surface area contributed by atoms with E-state index in [9.17, 15) is 0 Å². The van der Waals surface area contributed by atoms with Gasteiger partial charge >= 0.3 is 0 Å². The molecule has 0 aliphatic carbocycles. The molecule has 0 atom stereocenters. The number of aryl methyl sites for hydroxylation is 1. The Morgan fingerprint density at radius 2 is 1.61 bits per heavy atom. The van der Waals surface area contributed by atoms with Crippen LogP contribution in [0.15, 0.2) is 54.6 Å². The Morgan fingerprint density at radius 1 is 0.893 bits per heavy atom. The number of aromatic nitrogens is 3. The fourth-order valence-electron chi connectivity index (χ4n) is 4.05. The number of fused-ring (bicyclic) bond motifs is 3. The molecule has 0 unspecified atom stereocenters. The van der Waals surface area contributed by atoms with Gasteiger partial charge in [-0.25, -0.2) is 9.50 Å². The molecule has 1 aliphatic rings. The van der Waals surface area contributed by atoms with Crippen molar-refractivity contribution < 1.29 is 4.74 Å². The van der Waals surface area contributed by atoms with Gasteiger partial charge in [0.05, 0.1) is 24.0 Å². The second kappa shape index (κ2) is 6.71. The van der Waals surface area contributed by atoms with E-state index in [1.807, 2.05) is 29.6 Å². The summed E-state index contributed by atoms with van der Waals surface area (Å²) >= 11 is 0. The number of para-hydroxylation sites is 3. The van der Waals surface area contributed by atoms with Gasteiger partial charge in [-0.2, -0.15) is 5.10 Å². The van der Waals surface area contributed by atoms with Crippen LogP contribution in [0, 0.1) is 6.92 Å². The number of hydrogen-bond donors (Lipinski definition) is 0. The fourth-order valence-corrected chi connectivity index (χ4v) is 4.05. The van der Waals surface area contributed by atoms with Gasteiger partial charge < -0.3 is 14.5 Å². The van der Waals surface area contributed by atoms with Crippen molar-refractivity contribution in [2.24, 2.45) is 0 Å². The first-order valence-corrected chi connectivity index (χ1v) is 9.62. The van der Waals surface area contributed by atoms with Crippen LogP contribution in [-0.2, 0) is 0 Å². The van der Waals surface area contributed by atoms with Gasteiger partial charge in [0.1, 0.15) is 11.6 Å². The zero-order valence-electron chi connectivity index (χ0n) is 16.2. The SMILES string of the molecule is COc1ccccc1N1CCN(c2nc3cc(C)nn3c3ccccc23)CC1. The zero-order chi connectivity index (χ0) is 19.1. The zero-order valence-corrected chi connectivity index (χ0v) is 16.2. The number of benzene rings is 2. The van der Waals surface area contributed by atoms with Crippen molar-refractivity contribution in [3.63, 3.8) is 0 Å². The molecule has 0 saturated carbocycles. The molecule has 0 radical (unpaired) electrons. The summed E-state index contributed by atoms with van der Waals surface area (Å²) in [5.41, 5.74) is 4.14. The third kappa shape index (κ3) is 2.72. The Kier molecular flexibility index (Phi) is 4.04. The lowest BCUT2D eigenvalue weighted by atomic mass is 10.2. The van der Waals surface area contributed by atoms with Crippen LogP contribution < -0.4 is 14.5 Å². The summed E-state index contributed by atoms with van der Waals surface area (Å²) in [5, 5.41) is 5.75. The molecule has 2 aromatic heterocycles. The molecule has 4 aromatic rings. The highest BCUT2D eigenvalue weighted by molar-refractivity contribution is 5.91. The van der Waals surface area contributed by atoms with Crippen molar-refractivity contribution in [3.05, 3.63) is 60.3 Å². The Bertz CT molecular complexity index is 1140. The molecular weight excluding hydrogens is 350 g/mol. The largest absolute Gasteiger partial charge is 0.495 e. The van der Waals surface area contributed by atoms with Crippen molar-refractivity contribution in [2.75, 3.05) is 43.1 Å². The summed E-state index contributed by atoms with van der Waals surface area (Å²) in [6.45, 7) is 5.70. The summed E-state index contributed by atoms with van der Waals surface area (Å²) in [6, 6.07) is 18.7. The number of hydrogen-bond acceptors (Lipinski definition) is 5. The maximum Gasteiger partial charge on any atom is 0.158 e. The molecular formula is C22H23N5O. The standard InChI is InChI=1S/C22H23N5O/c1-16-15-21-23-22(17-7-3-4-8-18(17)27(21)24-16)26-13-11-25(12-14-26)19-9-5-6-10-20(19)28-2/h3-10,15H,11-14H2,1-2H3. The lowest BCUT2D eigenvalue weighted by Crippen LogP contribution is -2.47. The van der Waals surface area contributed by atoms with Gasteiger partial charge in [0, 0.05) is 37.6 Å². The molecule has 1 saturated heterocycles. The first-order chi connectivity index (χ1) is 13.7. The maximum absolute atomic E-state index is 5.54. The molecule has 6 nitrogen and oxygen atoms in total. The number of methoxy groups -OCH3 is 1. The third-order valence-electron chi connectivity index (χ3n) is 5.41. The molecule has 1 fully saturated rings. The maximum atomic E-state index is 5.54. The number of ether oxygens (including phenoxy) is 1. The van der Waals surface area contributed by atoms with E-state index >= 15 is 0 Å². The lowest BCUT2D eigenvalue weighted by molar-refractivity contribution is 0.413. The predicted octanol–water partition coefficient (Wildman–Crippen LogP) is 3.53. The van der Waals surface area contributed by atoms with Crippen LogP contribution >= 0.6 is 0 Å². The molecule has 0 bridgehead atoms. The highest BCUT2D eigenvalue weighted by Crippen LogP contribution is 2.31. The van der Waals surface area contributed by atoms with Gasteiger partial charge in [-0.05, 0) is 31.2 Å². The number of rotatable bonds is 3. The molecule has 6 heteroatoms. The van der Waals surface area contributed by atoms with Gasteiger partial charge in [-0.3, -0.25) is 0 Å². The van der Waals surface area contributed by atoms with Crippen LogP contribution in [0.2, 0.25) is 0 Å². The van der Waals surface area contributed by atoms with Crippen LogP contribution in [-0.4, -0.2) is 47.9 Å². The molecule has 2 aromatic carbocycles. The Hall–Kier alpha value is -3.28. The molecule has 3 heterocycles. The van der Waals surface area contributed by atoms with Crippen molar-refractivity contribution in [1.82, 2.24) is 14.6 Å². The van der Waals surface area contributed by atoms with E-state index in [1.165, 1.54) is 0 Å². The summed E-state index contributed by atoms with van der Waals surface area (Å²) in [4.78, 5) is 9.74. The Balaban J connectivity index is 1.48. The second-order valence-electron chi connectivity index (χ2n) is 7.15. The predicted molar refractivity (Wildman–Crippen MR) is 113 cm³/mol. The normalized spacial score (nSPS) is 14.8. The minimum atomic E-state index is 0.901. The van der Waals surface area contributed by atoms with E-state index in [0.29, 0.717) is 0 Å². The van der Waals surface area contributed by atoms with Crippen LogP contribution in [0.1, 0.15) is 5.69 Å². The highest BCUT2D eigenvalue weighted by Gasteiger charge is 2.22.